The predicted molar refractivity (Wildman–Crippen MR) is 75.2 cm³/mol. The Hall–Kier alpha value is -3.13. The van der Waals surface area contributed by atoms with Gasteiger partial charge in [0.2, 0.25) is 5.88 Å². The molecule has 0 bridgehead atoms. The third kappa shape index (κ3) is 2.22. The number of anilines is 1. The van der Waals surface area contributed by atoms with E-state index in [9.17, 15) is 0 Å². The van der Waals surface area contributed by atoms with Crippen LogP contribution in [0.5, 0.6) is 11.6 Å². The summed E-state index contributed by atoms with van der Waals surface area (Å²) in [7, 11) is 0. The minimum absolute atomic E-state index is 0.221. The van der Waals surface area contributed by atoms with E-state index in [1.165, 1.54) is 12.3 Å². The summed E-state index contributed by atoms with van der Waals surface area (Å²) in [4.78, 5) is 8.32. The van der Waals surface area contributed by atoms with Crippen molar-refractivity contribution in [3.8, 4) is 17.7 Å². The van der Waals surface area contributed by atoms with Gasteiger partial charge in [0.05, 0.1) is 23.6 Å². The molecule has 0 aliphatic carbocycles. The number of fused-ring (bicyclic) bond motifs is 1. The molecule has 96 valence electrons. The normalized spacial score (nSPS) is 10.2. The summed E-state index contributed by atoms with van der Waals surface area (Å²) in [5.41, 5.74) is 7.18. The second kappa shape index (κ2) is 4.86. The van der Waals surface area contributed by atoms with Gasteiger partial charge in [-0.05, 0) is 18.2 Å². The molecule has 0 aliphatic rings. The van der Waals surface area contributed by atoms with Crippen LogP contribution in [-0.4, -0.2) is 9.97 Å². The Kier molecular flexibility index (Phi) is 2.90. The first-order valence-corrected chi connectivity index (χ1v) is 5.94. The Balaban J connectivity index is 1.99. The van der Waals surface area contributed by atoms with Gasteiger partial charge < -0.3 is 10.5 Å². The van der Waals surface area contributed by atoms with Gasteiger partial charge in [-0.25, -0.2) is 4.98 Å². The fourth-order valence-corrected chi connectivity index (χ4v) is 1.85. The molecular weight excluding hydrogens is 252 g/mol. The molecule has 2 aromatic heterocycles. The van der Waals surface area contributed by atoms with Crippen LogP contribution in [0.15, 0.2) is 48.8 Å². The van der Waals surface area contributed by atoms with Gasteiger partial charge >= 0.3 is 0 Å². The third-order valence-corrected chi connectivity index (χ3v) is 2.77. The van der Waals surface area contributed by atoms with Gasteiger partial charge in [-0.15, -0.1) is 0 Å². The minimum Gasteiger partial charge on any atom is -0.436 e. The van der Waals surface area contributed by atoms with Crippen molar-refractivity contribution < 1.29 is 4.74 Å². The zero-order valence-corrected chi connectivity index (χ0v) is 10.4. The minimum atomic E-state index is 0.221. The molecule has 5 nitrogen and oxygen atoms in total. The van der Waals surface area contributed by atoms with E-state index in [-0.39, 0.29) is 11.4 Å². The number of hydrogen-bond donors (Lipinski definition) is 1. The van der Waals surface area contributed by atoms with Gasteiger partial charge in [-0.3, -0.25) is 4.98 Å². The molecule has 0 fully saturated rings. The van der Waals surface area contributed by atoms with Gasteiger partial charge in [-0.1, -0.05) is 18.2 Å². The number of nitrogens with zero attached hydrogens (tertiary/aromatic N) is 3. The smallest absolute Gasteiger partial charge is 0.237 e. The predicted octanol–water partition coefficient (Wildman–Crippen LogP) is 2.88. The van der Waals surface area contributed by atoms with Crippen molar-refractivity contribution in [2.75, 3.05) is 5.73 Å². The fraction of sp³-hybridized carbons (Fsp3) is 0. The largest absolute Gasteiger partial charge is 0.436 e. The Bertz CT molecular complexity index is 823. The molecule has 0 atom stereocenters. The average Bonchev–Trinajstić information content (AvgIpc) is 2.49. The SMILES string of the molecule is N#Cc1cc(N)cnc1Oc1cnc2ccccc2c1. The van der Waals surface area contributed by atoms with Crippen LogP contribution >= 0.6 is 0 Å². The van der Waals surface area contributed by atoms with Crippen LogP contribution in [0.4, 0.5) is 5.69 Å². The number of nitrogens with two attached hydrogens (primary N) is 1. The second-order valence-corrected chi connectivity index (χ2v) is 4.20. The molecule has 0 saturated heterocycles. The van der Waals surface area contributed by atoms with Gasteiger partial charge in [0.15, 0.2) is 0 Å². The number of nitriles is 1. The van der Waals surface area contributed by atoms with Crippen molar-refractivity contribution in [1.82, 2.24) is 9.97 Å². The summed E-state index contributed by atoms with van der Waals surface area (Å²) in [6, 6.07) is 13.1. The number of para-hydroxylation sites is 1. The van der Waals surface area contributed by atoms with Crippen molar-refractivity contribution in [3.63, 3.8) is 0 Å². The van der Waals surface area contributed by atoms with Crippen LogP contribution in [0.2, 0.25) is 0 Å². The first-order valence-electron chi connectivity index (χ1n) is 5.94. The first kappa shape index (κ1) is 11.9. The average molecular weight is 262 g/mol. The monoisotopic (exact) mass is 262 g/mol. The maximum Gasteiger partial charge on any atom is 0.237 e. The van der Waals surface area contributed by atoms with Crippen LogP contribution < -0.4 is 10.5 Å². The van der Waals surface area contributed by atoms with Crippen molar-refractivity contribution in [2.45, 2.75) is 0 Å². The van der Waals surface area contributed by atoms with E-state index < -0.39 is 0 Å². The fourth-order valence-electron chi connectivity index (χ4n) is 1.85. The van der Waals surface area contributed by atoms with E-state index in [1.807, 2.05) is 36.4 Å². The van der Waals surface area contributed by atoms with E-state index in [0.29, 0.717) is 11.4 Å². The highest BCUT2D eigenvalue weighted by Gasteiger charge is 2.08. The van der Waals surface area contributed by atoms with E-state index >= 15 is 0 Å². The maximum atomic E-state index is 9.05. The Morgan fingerprint density at radius 1 is 1.10 bits per heavy atom. The molecular formula is C15H10N4O. The number of rotatable bonds is 2. The Morgan fingerprint density at radius 2 is 1.95 bits per heavy atom. The molecule has 0 saturated carbocycles. The lowest BCUT2D eigenvalue weighted by molar-refractivity contribution is 0.460. The van der Waals surface area contributed by atoms with Crippen LogP contribution in [0.1, 0.15) is 5.56 Å². The van der Waals surface area contributed by atoms with E-state index in [0.717, 1.165) is 10.9 Å². The molecule has 2 N–H and O–H groups in total. The number of nitrogen functional groups attached to an aromatic ring is 1. The van der Waals surface area contributed by atoms with E-state index in [4.69, 9.17) is 15.7 Å². The number of pyridine rings is 2. The number of ether oxygens (including phenoxy) is 1. The van der Waals surface area contributed by atoms with Crippen molar-refractivity contribution >= 4 is 16.6 Å². The highest BCUT2D eigenvalue weighted by atomic mass is 16.5. The second-order valence-electron chi connectivity index (χ2n) is 4.20. The molecule has 1 aromatic carbocycles. The summed E-state index contributed by atoms with van der Waals surface area (Å²) in [5.74, 6) is 0.747. The van der Waals surface area contributed by atoms with E-state index in [2.05, 4.69) is 9.97 Å². The van der Waals surface area contributed by atoms with Crippen LogP contribution in [-0.2, 0) is 0 Å². The molecule has 20 heavy (non-hydrogen) atoms. The molecule has 0 amide bonds. The first-order chi connectivity index (χ1) is 9.76. The Labute approximate surface area is 115 Å². The molecule has 0 spiro atoms. The molecule has 5 heteroatoms. The summed E-state index contributed by atoms with van der Waals surface area (Å²) in [6.07, 6.45) is 3.05. The summed E-state index contributed by atoms with van der Waals surface area (Å²) in [5, 5.41) is 10.0. The zero-order valence-electron chi connectivity index (χ0n) is 10.4. The lowest BCUT2D eigenvalue weighted by atomic mass is 10.2. The maximum absolute atomic E-state index is 9.05. The van der Waals surface area contributed by atoms with E-state index in [1.54, 1.807) is 6.20 Å². The van der Waals surface area contributed by atoms with Crippen molar-refractivity contribution in [2.24, 2.45) is 0 Å². The van der Waals surface area contributed by atoms with Gasteiger partial charge in [0, 0.05) is 5.39 Å². The van der Waals surface area contributed by atoms with Crippen molar-refractivity contribution in [3.05, 3.63) is 54.4 Å². The molecule has 0 unspecified atom stereocenters. The number of hydrogen-bond acceptors (Lipinski definition) is 5. The molecule has 2 heterocycles. The van der Waals surface area contributed by atoms with Crippen LogP contribution in [0.25, 0.3) is 10.9 Å². The van der Waals surface area contributed by atoms with Gasteiger partial charge in [0.25, 0.3) is 0 Å². The van der Waals surface area contributed by atoms with Gasteiger partial charge in [0.1, 0.15) is 17.4 Å². The quantitative estimate of drug-likeness (QED) is 0.767. The topological polar surface area (TPSA) is 84.8 Å². The molecule has 3 rings (SSSR count). The summed E-state index contributed by atoms with van der Waals surface area (Å²) in [6.45, 7) is 0. The van der Waals surface area contributed by atoms with Crippen LogP contribution in [0, 0.1) is 11.3 Å². The molecule has 0 aliphatic heterocycles. The Morgan fingerprint density at radius 3 is 2.80 bits per heavy atom. The standard InChI is InChI=1S/C15H10N4O/c16-7-11-5-12(17)8-19-15(11)20-13-6-10-3-1-2-4-14(10)18-9-13/h1-6,8-9H,17H2. The highest BCUT2D eigenvalue weighted by Crippen LogP contribution is 2.25. The zero-order chi connectivity index (χ0) is 13.9. The van der Waals surface area contributed by atoms with Crippen molar-refractivity contribution in [1.29, 1.82) is 5.26 Å². The molecule has 0 radical (unpaired) electrons. The van der Waals surface area contributed by atoms with Crippen LogP contribution in [0.3, 0.4) is 0 Å². The lowest BCUT2D eigenvalue weighted by Gasteiger charge is -2.07. The number of aromatic nitrogens is 2. The molecule has 3 aromatic rings. The highest BCUT2D eigenvalue weighted by molar-refractivity contribution is 5.79. The third-order valence-electron chi connectivity index (χ3n) is 2.77. The lowest BCUT2D eigenvalue weighted by Crippen LogP contribution is -1.95. The summed E-state index contributed by atoms with van der Waals surface area (Å²) >= 11 is 0. The van der Waals surface area contributed by atoms with Gasteiger partial charge in [-0.2, -0.15) is 5.26 Å². The number of benzene rings is 1. The summed E-state index contributed by atoms with van der Waals surface area (Å²) < 4.78 is 5.61.